The van der Waals surface area contributed by atoms with E-state index in [4.69, 9.17) is 19.6 Å². The number of anilines is 2. The fourth-order valence-electron chi connectivity index (χ4n) is 3.30. The molecule has 2 heterocycles. The lowest BCUT2D eigenvalue weighted by molar-refractivity contribution is 0.122. The van der Waals surface area contributed by atoms with Crippen LogP contribution in [0.1, 0.15) is 20.8 Å². The Morgan fingerprint density at radius 2 is 1.90 bits per heavy atom. The van der Waals surface area contributed by atoms with Crippen LogP contribution >= 0.6 is 0 Å². The molecule has 0 atom stereocenters. The fourth-order valence-corrected chi connectivity index (χ4v) is 4.33. The molecule has 0 unspecified atom stereocenters. The van der Waals surface area contributed by atoms with Crippen molar-refractivity contribution in [3.63, 3.8) is 0 Å². The van der Waals surface area contributed by atoms with E-state index in [2.05, 4.69) is 50.1 Å². The van der Waals surface area contributed by atoms with Crippen LogP contribution in [0, 0.1) is 0 Å². The Hall–Kier alpha value is -2.03. The van der Waals surface area contributed by atoms with Crippen LogP contribution in [0.15, 0.2) is 24.5 Å². The number of nitrogens with zero attached hydrogens (tertiary/aromatic N) is 3. The third kappa shape index (κ3) is 4.99. The van der Waals surface area contributed by atoms with Crippen molar-refractivity contribution in [2.24, 2.45) is 0 Å². The number of hydrogen-bond donors (Lipinski definition) is 1. The van der Waals surface area contributed by atoms with Crippen LogP contribution in [0.3, 0.4) is 0 Å². The second-order valence-electron chi connectivity index (χ2n) is 9.31. The van der Waals surface area contributed by atoms with Crippen molar-refractivity contribution in [3.05, 3.63) is 24.5 Å². The van der Waals surface area contributed by atoms with E-state index in [0.29, 0.717) is 18.0 Å². The van der Waals surface area contributed by atoms with E-state index in [1.54, 1.807) is 7.11 Å². The van der Waals surface area contributed by atoms with Gasteiger partial charge in [-0.1, -0.05) is 20.8 Å². The van der Waals surface area contributed by atoms with Crippen LogP contribution in [0.2, 0.25) is 18.1 Å². The summed E-state index contributed by atoms with van der Waals surface area (Å²) >= 11 is 0. The highest BCUT2D eigenvalue weighted by atomic mass is 28.4. The lowest BCUT2D eigenvalue weighted by atomic mass is 10.0. The van der Waals surface area contributed by atoms with Crippen molar-refractivity contribution in [1.29, 1.82) is 0 Å². The van der Waals surface area contributed by atoms with E-state index in [1.807, 2.05) is 23.0 Å². The number of nitrogen functional groups attached to an aromatic ring is 1. The van der Waals surface area contributed by atoms with Gasteiger partial charge in [0.1, 0.15) is 5.75 Å². The Morgan fingerprint density at radius 3 is 2.53 bits per heavy atom. The first-order valence-electron chi connectivity index (χ1n) is 10.6. The normalized spacial score (nSPS) is 15.5. The van der Waals surface area contributed by atoms with Gasteiger partial charge in [0.05, 0.1) is 45.4 Å². The predicted octanol–water partition coefficient (Wildman–Crippen LogP) is 4.00. The number of aromatic nitrogens is 2. The quantitative estimate of drug-likeness (QED) is 0.526. The third-order valence-electron chi connectivity index (χ3n) is 6.23. The summed E-state index contributed by atoms with van der Waals surface area (Å²) in [6.07, 6.45) is 3.97. The second-order valence-corrected chi connectivity index (χ2v) is 14.1. The van der Waals surface area contributed by atoms with Gasteiger partial charge >= 0.3 is 0 Å². The first-order chi connectivity index (χ1) is 14.1. The zero-order chi connectivity index (χ0) is 21.9. The lowest BCUT2D eigenvalue weighted by Gasteiger charge is -2.36. The topological polar surface area (TPSA) is 74.8 Å². The number of methoxy groups -OCH3 is 1. The van der Waals surface area contributed by atoms with Crippen LogP contribution in [-0.4, -0.2) is 58.1 Å². The van der Waals surface area contributed by atoms with Crippen LogP contribution in [-0.2, 0) is 15.7 Å². The first kappa shape index (κ1) is 22.6. The van der Waals surface area contributed by atoms with Crippen molar-refractivity contribution >= 4 is 19.7 Å². The maximum Gasteiger partial charge on any atom is 0.192 e. The van der Waals surface area contributed by atoms with Gasteiger partial charge < -0.3 is 24.5 Å². The molecule has 30 heavy (non-hydrogen) atoms. The molecule has 166 valence electrons. The standard InChI is InChI=1S/C22H36N4O3Si/c1-22(2,3)30(5,6)29-12-9-26-16-17(15-24-26)18-13-19(23)21(27-4)14-20(18)25-7-10-28-11-8-25/h13-16H,7-12,23H2,1-6H3. The highest BCUT2D eigenvalue weighted by Crippen LogP contribution is 2.39. The number of rotatable bonds is 7. The molecular formula is C22H36N4O3Si. The zero-order valence-electron chi connectivity index (χ0n) is 19.2. The maximum atomic E-state index is 6.30. The molecule has 8 heteroatoms. The van der Waals surface area contributed by atoms with Gasteiger partial charge in [0.25, 0.3) is 0 Å². The molecule has 1 fully saturated rings. The van der Waals surface area contributed by atoms with E-state index in [1.165, 1.54) is 0 Å². The molecule has 3 rings (SSSR count). The summed E-state index contributed by atoms with van der Waals surface area (Å²) in [4.78, 5) is 2.32. The minimum atomic E-state index is -1.76. The third-order valence-corrected chi connectivity index (χ3v) is 10.8. The molecule has 0 aliphatic carbocycles. The van der Waals surface area contributed by atoms with Crippen molar-refractivity contribution in [3.8, 4) is 16.9 Å². The van der Waals surface area contributed by atoms with E-state index in [-0.39, 0.29) is 5.04 Å². The molecule has 1 aliphatic rings. The van der Waals surface area contributed by atoms with Gasteiger partial charge in [0.15, 0.2) is 8.32 Å². The number of nitrogens with two attached hydrogens (primary N) is 1. The van der Waals surface area contributed by atoms with E-state index in [9.17, 15) is 0 Å². The number of hydrogen-bond acceptors (Lipinski definition) is 6. The van der Waals surface area contributed by atoms with E-state index in [0.717, 1.165) is 49.7 Å². The van der Waals surface area contributed by atoms with E-state index >= 15 is 0 Å². The van der Waals surface area contributed by atoms with Crippen molar-refractivity contribution in [1.82, 2.24) is 9.78 Å². The van der Waals surface area contributed by atoms with Crippen molar-refractivity contribution < 1.29 is 13.9 Å². The molecule has 1 aliphatic heterocycles. The fraction of sp³-hybridized carbons (Fsp3) is 0.591. The molecule has 1 saturated heterocycles. The summed E-state index contributed by atoms with van der Waals surface area (Å²) in [5.74, 6) is 0.690. The smallest absolute Gasteiger partial charge is 0.192 e. The van der Waals surface area contributed by atoms with Crippen molar-refractivity contribution in [2.45, 2.75) is 45.4 Å². The minimum absolute atomic E-state index is 0.204. The molecule has 1 aromatic carbocycles. The Bertz CT molecular complexity index is 855. The number of ether oxygens (including phenoxy) is 2. The van der Waals surface area contributed by atoms with Crippen LogP contribution in [0.25, 0.3) is 11.1 Å². The summed E-state index contributed by atoms with van der Waals surface area (Å²) in [6.45, 7) is 15.8. The molecule has 0 radical (unpaired) electrons. The predicted molar refractivity (Wildman–Crippen MR) is 125 cm³/mol. The maximum absolute atomic E-state index is 6.30. The summed E-state index contributed by atoms with van der Waals surface area (Å²) in [6, 6.07) is 4.00. The van der Waals surface area contributed by atoms with Gasteiger partial charge in [0.2, 0.25) is 0 Å². The van der Waals surface area contributed by atoms with Crippen LogP contribution in [0.4, 0.5) is 11.4 Å². The molecule has 0 amide bonds. The average molecular weight is 433 g/mol. The van der Waals surface area contributed by atoms with Gasteiger partial charge in [-0.2, -0.15) is 5.10 Å². The molecular weight excluding hydrogens is 396 g/mol. The summed E-state index contributed by atoms with van der Waals surface area (Å²) in [5.41, 5.74) is 10.1. The Balaban J connectivity index is 1.79. The van der Waals surface area contributed by atoms with Gasteiger partial charge in [-0.3, -0.25) is 4.68 Å². The number of morpholine rings is 1. The number of benzene rings is 1. The molecule has 1 aromatic heterocycles. The SMILES string of the molecule is COc1cc(N2CCOCC2)c(-c2cnn(CCO[Si](C)(C)C(C)(C)C)c2)cc1N. The van der Waals surface area contributed by atoms with Gasteiger partial charge in [-0.15, -0.1) is 0 Å². The first-order valence-corrected chi connectivity index (χ1v) is 13.5. The molecule has 2 aromatic rings. The zero-order valence-corrected chi connectivity index (χ0v) is 20.2. The monoisotopic (exact) mass is 432 g/mol. The Kier molecular flexibility index (Phi) is 6.79. The molecule has 7 nitrogen and oxygen atoms in total. The summed E-state index contributed by atoms with van der Waals surface area (Å²) in [7, 11) is -0.108. The Morgan fingerprint density at radius 1 is 1.20 bits per heavy atom. The van der Waals surface area contributed by atoms with Gasteiger partial charge in [-0.05, 0) is 24.2 Å². The summed E-state index contributed by atoms with van der Waals surface area (Å²) in [5, 5.41) is 4.77. The Labute approximate surface area is 181 Å². The molecule has 2 N–H and O–H groups in total. The minimum Gasteiger partial charge on any atom is -0.495 e. The van der Waals surface area contributed by atoms with Crippen LogP contribution in [0.5, 0.6) is 5.75 Å². The van der Waals surface area contributed by atoms with E-state index < -0.39 is 8.32 Å². The highest BCUT2D eigenvalue weighted by Gasteiger charge is 2.36. The highest BCUT2D eigenvalue weighted by molar-refractivity contribution is 6.74. The average Bonchev–Trinajstić information content (AvgIpc) is 3.16. The second kappa shape index (κ2) is 8.99. The molecule has 0 bridgehead atoms. The van der Waals surface area contributed by atoms with Crippen LogP contribution < -0.4 is 15.4 Å². The molecule has 0 spiro atoms. The molecule has 0 saturated carbocycles. The van der Waals surface area contributed by atoms with Gasteiger partial charge in [0, 0.05) is 42.2 Å². The van der Waals surface area contributed by atoms with Crippen molar-refractivity contribution in [2.75, 3.05) is 50.7 Å². The lowest BCUT2D eigenvalue weighted by Crippen LogP contribution is -2.41. The van der Waals surface area contributed by atoms with Gasteiger partial charge in [-0.25, -0.2) is 0 Å². The summed E-state index contributed by atoms with van der Waals surface area (Å²) < 4.78 is 19.2. The largest absolute Gasteiger partial charge is 0.495 e.